The third kappa shape index (κ3) is 4.94. The molecule has 0 radical (unpaired) electrons. The molecule has 0 aliphatic carbocycles. The molecule has 0 unspecified atom stereocenters. The minimum atomic E-state index is -0.223. The van der Waals surface area contributed by atoms with E-state index in [1.807, 2.05) is 37.3 Å². The maximum Gasteiger partial charge on any atom is 0.274 e. The van der Waals surface area contributed by atoms with E-state index in [1.165, 1.54) is 24.8 Å². The lowest BCUT2D eigenvalue weighted by Gasteiger charge is -2.27. The van der Waals surface area contributed by atoms with Gasteiger partial charge in [0.05, 0.1) is 18.5 Å². The number of hydrogen-bond donors (Lipinski definition) is 1. The van der Waals surface area contributed by atoms with Gasteiger partial charge in [0, 0.05) is 19.2 Å². The van der Waals surface area contributed by atoms with Crippen LogP contribution in [0.2, 0.25) is 0 Å². The van der Waals surface area contributed by atoms with Crippen LogP contribution in [0.3, 0.4) is 0 Å². The number of likely N-dealkylation sites (tertiary alicyclic amines) is 1. The quantitative estimate of drug-likeness (QED) is 0.635. The largest absolute Gasteiger partial charge is 0.497 e. The predicted molar refractivity (Wildman–Crippen MR) is 119 cm³/mol. The van der Waals surface area contributed by atoms with E-state index in [0.29, 0.717) is 17.9 Å². The second kappa shape index (κ2) is 9.75. The van der Waals surface area contributed by atoms with E-state index >= 15 is 0 Å². The first kappa shape index (κ1) is 21.1. The summed E-state index contributed by atoms with van der Waals surface area (Å²) in [6.45, 7) is 5.53. The zero-order chi connectivity index (χ0) is 21.6. The fourth-order valence-corrected chi connectivity index (χ4v) is 4.03. The predicted octanol–water partition coefficient (Wildman–Crippen LogP) is 3.50. The molecular weight excluding hydrogens is 390 g/mol. The van der Waals surface area contributed by atoms with Crippen LogP contribution in [0.4, 0.5) is 0 Å². The molecule has 1 saturated heterocycles. The highest BCUT2D eigenvalue weighted by molar-refractivity contribution is 5.93. The van der Waals surface area contributed by atoms with Gasteiger partial charge in [-0.1, -0.05) is 42.0 Å². The lowest BCUT2D eigenvalue weighted by molar-refractivity contribution is 0.0945. The van der Waals surface area contributed by atoms with Gasteiger partial charge in [0.25, 0.3) is 5.91 Å². The Labute approximate surface area is 183 Å². The Kier molecular flexibility index (Phi) is 6.62. The maximum absolute atomic E-state index is 12.8. The second-order valence-electron chi connectivity index (χ2n) is 7.92. The molecule has 0 atom stereocenters. The van der Waals surface area contributed by atoms with Crippen LogP contribution in [0.15, 0.2) is 48.5 Å². The number of carbonyl (C=O) groups is 1. The number of nitrogens with one attached hydrogen (secondary N) is 1. The average Bonchev–Trinajstić information content (AvgIpc) is 3.20. The Balaban J connectivity index is 1.44. The first-order valence-electron chi connectivity index (χ1n) is 10.8. The molecule has 0 saturated carbocycles. The van der Waals surface area contributed by atoms with E-state index in [-0.39, 0.29) is 5.91 Å². The summed E-state index contributed by atoms with van der Waals surface area (Å²) in [5, 5.41) is 11.3. The van der Waals surface area contributed by atoms with Crippen LogP contribution in [0, 0.1) is 6.92 Å². The van der Waals surface area contributed by atoms with Gasteiger partial charge in [0.2, 0.25) is 0 Å². The average molecular weight is 420 g/mol. The van der Waals surface area contributed by atoms with Gasteiger partial charge in [0.15, 0.2) is 5.69 Å². The van der Waals surface area contributed by atoms with Crippen molar-refractivity contribution in [2.45, 2.75) is 39.3 Å². The number of ether oxygens (including phenoxy) is 1. The molecule has 0 spiro atoms. The zero-order valence-corrected chi connectivity index (χ0v) is 18.2. The van der Waals surface area contributed by atoms with Crippen molar-refractivity contribution in [3.8, 4) is 11.4 Å². The molecule has 0 bridgehead atoms. The van der Waals surface area contributed by atoms with Crippen LogP contribution in [0.25, 0.3) is 5.69 Å². The third-order valence-corrected chi connectivity index (χ3v) is 5.81. The van der Waals surface area contributed by atoms with E-state index < -0.39 is 0 Å². The highest BCUT2D eigenvalue weighted by atomic mass is 16.5. The fraction of sp³-hybridized carbons (Fsp3) is 0.375. The molecule has 7 nitrogen and oxygen atoms in total. The molecule has 1 aliphatic rings. The Morgan fingerprint density at radius 1 is 1.06 bits per heavy atom. The molecule has 2 heterocycles. The number of aromatic nitrogens is 3. The Morgan fingerprint density at radius 3 is 2.61 bits per heavy atom. The molecule has 1 aromatic heterocycles. The zero-order valence-electron chi connectivity index (χ0n) is 18.2. The van der Waals surface area contributed by atoms with Gasteiger partial charge in [-0.05, 0) is 56.1 Å². The number of rotatable bonds is 7. The fourth-order valence-electron chi connectivity index (χ4n) is 4.03. The van der Waals surface area contributed by atoms with Gasteiger partial charge in [-0.25, -0.2) is 4.68 Å². The number of methoxy groups -OCH3 is 1. The topological polar surface area (TPSA) is 72.3 Å². The lowest BCUT2D eigenvalue weighted by atomic mass is 10.0. The molecule has 31 heavy (non-hydrogen) atoms. The third-order valence-electron chi connectivity index (χ3n) is 5.81. The summed E-state index contributed by atoms with van der Waals surface area (Å²) >= 11 is 0. The van der Waals surface area contributed by atoms with Gasteiger partial charge < -0.3 is 10.1 Å². The number of nitrogens with zero attached hydrogens (tertiary/aromatic N) is 4. The van der Waals surface area contributed by atoms with Crippen molar-refractivity contribution in [3.05, 3.63) is 71.0 Å². The minimum Gasteiger partial charge on any atom is -0.497 e. The maximum atomic E-state index is 12.8. The van der Waals surface area contributed by atoms with Crippen LogP contribution in [0.1, 0.15) is 46.6 Å². The number of amides is 1. The summed E-state index contributed by atoms with van der Waals surface area (Å²) in [6, 6.07) is 15.8. The monoisotopic (exact) mass is 419 g/mol. The molecule has 7 heteroatoms. The molecule has 1 aliphatic heterocycles. The van der Waals surface area contributed by atoms with E-state index in [4.69, 9.17) is 4.74 Å². The molecule has 1 fully saturated rings. The van der Waals surface area contributed by atoms with Gasteiger partial charge in [-0.15, -0.1) is 5.10 Å². The van der Waals surface area contributed by atoms with Crippen LogP contribution in [-0.4, -0.2) is 46.0 Å². The Bertz CT molecular complexity index is 1040. The van der Waals surface area contributed by atoms with Crippen LogP contribution >= 0.6 is 0 Å². The highest BCUT2D eigenvalue weighted by Gasteiger charge is 2.18. The number of carbonyl (C=O) groups excluding carboxylic acids is 1. The summed E-state index contributed by atoms with van der Waals surface area (Å²) in [4.78, 5) is 15.3. The summed E-state index contributed by atoms with van der Waals surface area (Å²) in [5.74, 6) is 0.503. The van der Waals surface area contributed by atoms with Crippen molar-refractivity contribution in [1.29, 1.82) is 0 Å². The molecule has 4 rings (SSSR count). The van der Waals surface area contributed by atoms with Gasteiger partial charge in [0.1, 0.15) is 5.75 Å². The summed E-state index contributed by atoms with van der Waals surface area (Å²) < 4.78 is 6.93. The Hall–Kier alpha value is -3.19. The normalized spacial score (nSPS) is 14.4. The first-order chi connectivity index (χ1) is 15.2. The van der Waals surface area contributed by atoms with E-state index in [1.54, 1.807) is 11.8 Å². The molecule has 1 amide bonds. The van der Waals surface area contributed by atoms with Crippen LogP contribution < -0.4 is 10.1 Å². The number of piperidine rings is 1. The van der Waals surface area contributed by atoms with Crippen molar-refractivity contribution in [2.24, 2.45) is 0 Å². The molecule has 2 aromatic carbocycles. The molecule has 1 N–H and O–H groups in total. The summed E-state index contributed by atoms with van der Waals surface area (Å²) in [5.41, 5.74) is 4.22. The lowest BCUT2D eigenvalue weighted by Crippen LogP contribution is -2.30. The van der Waals surface area contributed by atoms with E-state index in [0.717, 1.165) is 36.6 Å². The second-order valence-corrected chi connectivity index (χ2v) is 7.92. The Morgan fingerprint density at radius 2 is 1.84 bits per heavy atom. The van der Waals surface area contributed by atoms with Gasteiger partial charge in [-0.3, -0.25) is 9.69 Å². The van der Waals surface area contributed by atoms with Gasteiger partial charge >= 0.3 is 0 Å². The highest BCUT2D eigenvalue weighted by Crippen LogP contribution is 2.19. The summed E-state index contributed by atoms with van der Waals surface area (Å²) in [7, 11) is 1.62. The van der Waals surface area contributed by atoms with Crippen molar-refractivity contribution in [1.82, 2.24) is 25.2 Å². The van der Waals surface area contributed by atoms with E-state index in [9.17, 15) is 4.79 Å². The molecule has 162 valence electrons. The van der Waals surface area contributed by atoms with Crippen molar-refractivity contribution < 1.29 is 9.53 Å². The van der Waals surface area contributed by atoms with Crippen LogP contribution in [-0.2, 0) is 13.1 Å². The first-order valence-corrected chi connectivity index (χ1v) is 10.8. The number of benzene rings is 2. The minimum absolute atomic E-state index is 0.223. The van der Waals surface area contributed by atoms with Crippen LogP contribution in [0.5, 0.6) is 5.75 Å². The van der Waals surface area contributed by atoms with Crippen molar-refractivity contribution in [3.63, 3.8) is 0 Å². The van der Waals surface area contributed by atoms with Crippen molar-refractivity contribution >= 4 is 5.91 Å². The standard InChI is InChI=1S/C24H29N5O2/c1-18-23(26-27-29(18)21-11-8-12-22(15-21)31-2)24(30)25-16-19-9-4-5-10-20(19)17-28-13-6-3-7-14-28/h4-5,8-12,15H,3,6-7,13-14,16-17H2,1-2H3,(H,25,30). The molecule has 3 aromatic rings. The number of hydrogen-bond acceptors (Lipinski definition) is 5. The van der Waals surface area contributed by atoms with Crippen molar-refractivity contribution in [2.75, 3.05) is 20.2 Å². The molecular formula is C24H29N5O2. The SMILES string of the molecule is COc1cccc(-n2nnc(C(=O)NCc3ccccc3CN3CCCCC3)c2C)c1. The smallest absolute Gasteiger partial charge is 0.274 e. The van der Waals surface area contributed by atoms with Gasteiger partial charge in [-0.2, -0.15) is 0 Å². The summed E-state index contributed by atoms with van der Waals surface area (Å²) in [6.07, 6.45) is 3.85. The van der Waals surface area contributed by atoms with E-state index in [2.05, 4.69) is 38.7 Å².